The minimum absolute atomic E-state index is 0.0184. The van der Waals surface area contributed by atoms with Crippen LogP contribution in [0, 0.1) is 6.92 Å². The molecular formula is C24H30N4O2. The Labute approximate surface area is 177 Å². The lowest BCUT2D eigenvalue weighted by Gasteiger charge is -2.43. The number of hydrogen-bond acceptors (Lipinski definition) is 4. The number of aromatic nitrogens is 2. The van der Waals surface area contributed by atoms with E-state index in [2.05, 4.69) is 15.2 Å². The van der Waals surface area contributed by atoms with Gasteiger partial charge in [0.1, 0.15) is 11.4 Å². The highest BCUT2D eigenvalue weighted by Gasteiger charge is 2.48. The number of H-pyrrole nitrogens is 1. The number of aryl methyl sites for hydroxylation is 1. The molecule has 0 radical (unpaired) electrons. The maximum Gasteiger partial charge on any atom is 0.254 e. The number of piperidine rings is 1. The molecule has 3 aliphatic rings. The zero-order valence-corrected chi connectivity index (χ0v) is 17.7. The van der Waals surface area contributed by atoms with Crippen LogP contribution in [0.1, 0.15) is 62.0 Å². The predicted molar refractivity (Wildman–Crippen MR) is 117 cm³/mol. The number of fused-ring (bicyclic) bond motifs is 2. The van der Waals surface area contributed by atoms with Gasteiger partial charge in [0, 0.05) is 29.8 Å². The summed E-state index contributed by atoms with van der Waals surface area (Å²) in [6, 6.07) is 10.1. The average molecular weight is 407 g/mol. The lowest BCUT2D eigenvalue weighted by atomic mass is 9.75. The minimum Gasteiger partial charge on any atom is -0.371 e. The molecule has 158 valence electrons. The predicted octanol–water partition coefficient (Wildman–Crippen LogP) is 3.31. The maximum absolute atomic E-state index is 13.7. The second-order valence-corrected chi connectivity index (χ2v) is 9.33. The second kappa shape index (κ2) is 7.25. The van der Waals surface area contributed by atoms with E-state index in [-0.39, 0.29) is 16.9 Å². The van der Waals surface area contributed by atoms with Crippen molar-refractivity contribution in [2.24, 2.45) is 0 Å². The van der Waals surface area contributed by atoms with Crippen molar-refractivity contribution in [2.75, 3.05) is 18.4 Å². The molecule has 1 aliphatic heterocycles. The van der Waals surface area contributed by atoms with Crippen molar-refractivity contribution >= 4 is 11.6 Å². The number of aromatic amines is 1. The smallest absolute Gasteiger partial charge is 0.254 e. The molecule has 2 heterocycles. The van der Waals surface area contributed by atoms with Gasteiger partial charge >= 0.3 is 0 Å². The Hall–Kier alpha value is -2.63. The van der Waals surface area contributed by atoms with E-state index in [0.29, 0.717) is 5.82 Å². The Kier molecular flexibility index (Phi) is 4.68. The van der Waals surface area contributed by atoms with Crippen LogP contribution in [0.3, 0.4) is 0 Å². The normalized spacial score (nSPS) is 21.6. The number of nitrogens with zero attached hydrogens (tertiary/aromatic N) is 2. The van der Waals surface area contributed by atoms with Crippen molar-refractivity contribution < 1.29 is 4.79 Å². The Balaban J connectivity index is 1.35. The van der Waals surface area contributed by atoms with Crippen molar-refractivity contribution in [3.63, 3.8) is 0 Å². The fourth-order valence-corrected chi connectivity index (χ4v) is 5.86. The topological polar surface area (TPSA) is 78.1 Å². The van der Waals surface area contributed by atoms with Crippen LogP contribution in [0.15, 0.2) is 35.1 Å². The maximum atomic E-state index is 13.7. The van der Waals surface area contributed by atoms with E-state index in [0.717, 1.165) is 81.4 Å². The van der Waals surface area contributed by atoms with Gasteiger partial charge in [0.25, 0.3) is 5.56 Å². The Bertz CT molecular complexity index is 1000. The van der Waals surface area contributed by atoms with Crippen LogP contribution in [0.25, 0.3) is 0 Å². The highest BCUT2D eigenvalue weighted by molar-refractivity contribution is 5.90. The van der Waals surface area contributed by atoms with E-state index in [9.17, 15) is 9.59 Å². The number of anilines is 1. The summed E-state index contributed by atoms with van der Waals surface area (Å²) < 4.78 is 0. The Morgan fingerprint density at radius 3 is 2.47 bits per heavy atom. The number of rotatable bonds is 3. The van der Waals surface area contributed by atoms with Crippen LogP contribution in [0.5, 0.6) is 0 Å². The molecule has 1 spiro atoms. The van der Waals surface area contributed by atoms with Crippen molar-refractivity contribution in [1.82, 2.24) is 14.9 Å². The van der Waals surface area contributed by atoms with E-state index in [1.807, 2.05) is 37.3 Å². The lowest BCUT2D eigenvalue weighted by Crippen LogP contribution is -2.55. The van der Waals surface area contributed by atoms with Gasteiger partial charge in [-0.3, -0.25) is 9.59 Å². The molecule has 1 amide bonds. The zero-order chi connectivity index (χ0) is 20.8. The van der Waals surface area contributed by atoms with Gasteiger partial charge in [0.2, 0.25) is 5.91 Å². The number of amides is 1. The first-order chi connectivity index (χ1) is 14.5. The third-order valence-corrected chi connectivity index (χ3v) is 7.52. The van der Waals surface area contributed by atoms with Gasteiger partial charge < -0.3 is 15.2 Å². The van der Waals surface area contributed by atoms with Gasteiger partial charge in [0.15, 0.2) is 0 Å². The first kappa shape index (κ1) is 19.3. The molecule has 2 aliphatic carbocycles. The molecule has 2 N–H and O–H groups in total. The summed E-state index contributed by atoms with van der Waals surface area (Å²) >= 11 is 0. The van der Waals surface area contributed by atoms with Gasteiger partial charge in [-0.15, -0.1) is 0 Å². The first-order valence-electron chi connectivity index (χ1n) is 11.2. The van der Waals surface area contributed by atoms with Gasteiger partial charge in [-0.25, -0.2) is 4.98 Å². The quantitative estimate of drug-likeness (QED) is 0.820. The fourth-order valence-electron chi connectivity index (χ4n) is 5.86. The second-order valence-electron chi connectivity index (χ2n) is 9.33. The molecule has 5 rings (SSSR count). The summed E-state index contributed by atoms with van der Waals surface area (Å²) in [7, 11) is 0. The molecule has 0 bridgehead atoms. The number of para-hydroxylation sites is 1. The highest BCUT2D eigenvalue weighted by Crippen LogP contribution is 2.45. The van der Waals surface area contributed by atoms with E-state index < -0.39 is 5.54 Å². The summed E-state index contributed by atoms with van der Waals surface area (Å²) in [5.74, 6) is 0.933. The number of nitrogens with one attached hydrogen (secondary N) is 2. The van der Waals surface area contributed by atoms with Crippen LogP contribution in [-0.4, -0.2) is 39.4 Å². The minimum atomic E-state index is -0.481. The number of hydrogen-bond donors (Lipinski definition) is 2. The molecular weight excluding hydrogens is 376 g/mol. The lowest BCUT2D eigenvalue weighted by molar-refractivity contribution is -0.137. The molecule has 6 nitrogen and oxygen atoms in total. The Morgan fingerprint density at radius 1 is 1.07 bits per heavy atom. The SMILES string of the molecule is Cc1nc2c(c(=O)[nH]1)CCC21CCN(C(=O)C2(Nc3ccccc3)CCCC2)CC1. The fraction of sp³-hybridized carbons (Fsp3) is 0.542. The summed E-state index contributed by atoms with van der Waals surface area (Å²) in [6.45, 7) is 3.33. The van der Waals surface area contributed by atoms with Gasteiger partial charge in [-0.05, 0) is 57.6 Å². The van der Waals surface area contributed by atoms with E-state index >= 15 is 0 Å². The van der Waals surface area contributed by atoms with Gasteiger partial charge in [-0.2, -0.15) is 0 Å². The van der Waals surface area contributed by atoms with E-state index in [4.69, 9.17) is 4.98 Å². The molecule has 0 unspecified atom stereocenters. The molecule has 1 saturated carbocycles. The largest absolute Gasteiger partial charge is 0.371 e. The molecule has 1 aromatic carbocycles. The van der Waals surface area contributed by atoms with Crippen molar-refractivity contribution in [3.8, 4) is 0 Å². The number of carbonyl (C=O) groups is 1. The van der Waals surface area contributed by atoms with Crippen LogP contribution in [0.4, 0.5) is 5.69 Å². The highest BCUT2D eigenvalue weighted by atomic mass is 16.2. The first-order valence-corrected chi connectivity index (χ1v) is 11.2. The third-order valence-electron chi connectivity index (χ3n) is 7.52. The third kappa shape index (κ3) is 3.13. The van der Waals surface area contributed by atoms with Crippen LogP contribution >= 0.6 is 0 Å². The monoisotopic (exact) mass is 406 g/mol. The molecule has 1 aromatic heterocycles. The van der Waals surface area contributed by atoms with E-state index in [1.165, 1.54) is 0 Å². The van der Waals surface area contributed by atoms with Crippen molar-refractivity contribution in [3.05, 3.63) is 57.8 Å². The zero-order valence-electron chi connectivity index (χ0n) is 17.7. The van der Waals surface area contributed by atoms with Gasteiger partial charge in [0.05, 0.1) is 5.69 Å². The Morgan fingerprint density at radius 2 is 1.77 bits per heavy atom. The molecule has 1 saturated heterocycles. The van der Waals surface area contributed by atoms with Gasteiger partial charge in [-0.1, -0.05) is 31.0 Å². The molecule has 2 fully saturated rings. The summed E-state index contributed by atoms with van der Waals surface area (Å²) in [6.07, 6.45) is 7.50. The van der Waals surface area contributed by atoms with Crippen LogP contribution in [0.2, 0.25) is 0 Å². The van der Waals surface area contributed by atoms with Crippen molar-refractivity contribution in [2.45, 2.75) is 69.2 Å². The summed E-state index contributed by atoms with van der Waals surface area (Å²) in [5, 5.41) is 3.59. The average Bonchev–Trinajstić information content (AvgIpc) is 3.36. The standard InChI is InChI=1S/C24H30N4O2/c1-17-25-20-19(21(29)26-17)9-12-23(20)13-15-28(16-14-23)22(30)24(10-5-6-11-24)27-18-7-3-2-4-8-18/h2-4,7-8,27H,5-6,9-16H2,1H3,(H,25,26,29). The summed E-state index contributed by atoms with van der Waals surface area (Å²) in [5.41, 5.74) is 2.37. The van der Waals surface area contributed by atoms with Crippen LogP contribution < -0.4 is 10.9 Å². The molecule has 2 aromatic rings. The molecule has 6 heteroatoms. The summed E-state index contributed by atoms with van der Waals surface area (Å²) in [4.78, 5) is 35.7. The number of carbonyl (C=O) groups excluding carboxylic acids is 1. The number of likely N-dealkylation sites (tertiary alicyclic amines) is 1. The number of benzene rings is 1. The molecule has 0 atom stereocenters. The van der Waals surface area contributed by atoms with Crippen LogP contribution in [-0.2, 0) is 16.6 Å². The molecule has 30 heavy (non-hydrogen) atoms. The van der Waals surface area contributed by atoms with E-state index in [1.54, 1.807) is 0 Å². The van der Waals surface area contributed by atoms with Crippen molar-refractivity contribution in [1.29, 1.82) is 0 Å².